The third-order valence-corrected chi connectivity index (χ3v) is 2.25. The smallest absolute Gasteiger partial charge is 0.142 e. The number of nitrogens with zero attached hydrogens (tertiary/aromatic N) is 2. The number of rotatable bonds is 4. The Morgan fingerprint density at radius 1 is 1.20 bits per heavy atom. The molecule has 1 atom stereocenters. The van der Waals surface area contributed by atoms with E-state index < -0.39 is 5.92 Å². The Hall–Kier alpha value is -1.84. The van der Waals surface area contributed by atoms with E-state index >= 15 is 0 Å². The van der Waals surface area contributed by atoms with Gasteiger partial charge in [-0.1, -0.05) is 30.3 Å². The SMILES string of the molecule is COCC(c1ccccc1)C(C#N)C#N. The van der Waals surface area contributed by atoms with E-state index in [0.717, 1.165) is 5.56 Å². The van der Waals surface area contributed by atoms with Crippen LogP contribution in [-0.4, -0.2) is 13.7 Å². The van der Waals surface area contributed by atoms with Gasteiger partial charge in [-0.15, -0.1) is 0 Å². The monoisotopic (exact) mass is 200 g/mol. The predicted molar refractivity (Wildman–Crippen MR) is 55.8 cm³/mol. The van der Waals surface area contributed by atoms with Crippen LogP contribution in [0.1, 0.15) is 11.5 Å². The molecule has 0 fully saturated rings. The lowest BCUT2D eigenvalue weighted by Crippen LogP contribution is -2.15. The summed E-state index contributed by atoms with van der Waals surface area (Å²) >= 11 is 0. The van der Waals surface area contributed by atoms with Crippen molar-refractivity contribution in [3.8, 4) is 12.1 Å². The van der Waals surface area contributed by atoms with E-state index in [1.54, 1.807) is 7.11 Å². The molecule has 0 heterocycles. The zero-order valence-corrected chi connectivity index (χ0v) is 8.55. The van der Waals surface area contributed by atoms with Gasteiger partial charge in [0, 0.05) is 13.0 Å². The molecular weight excluding hydrogens is 188 g/mol. The molecule has 3 heteroatoms. The van der Waals surface area contributed by atoms with Crippen LogP contribution in [-0.2, 0) is 4.74 Å². The molecule has 1 aromatic rings. The topological polar surface area (TPSA) is 56.8 Å². The highest BCUT2D eigenvalue weighted by atomic mass is 16.5. The maximum absolute atomic E-state index is 8.86. The van der Waals surface area contributed by atoms with Crippen LogP contribution in [0.2, 0.25) is 0 Å². The minimum atomic E-state index is -0.660. The summed E-state index contributed by atoms with van der Waals surface area (Å²) in [6.45, 7) is 0.385. The highest BCUT2D eigenvalue weighted by Crippen LogP contribution is 2.24. The molecule has 15 heavy (non-hydrogen) atoms. The minimum absolute atomic E-state index is 0.175. The zero-order chi connectivity index (χ0) is 11.1. The number of benzene rings is 1. The molecule has 0 bridgehead atoms. The van der Waals surface area contributed by atoms with E-state index in [-0.39, 0.29) is 5.92 Å². The first kappa shape index (κ1) is 11.2. The molecule has 0 aliphatic carbocycles. The summed E-state index contributed by atoms with van der Waals surface area (Å²) in [6.07, 6.45) is 0. The van der Waals surface area contributed by atoms with Gasteiger partial charge in [-0.25, -0.2) is 0 Å². The number of ether oxygens (including phenoxy) is 1. The Balaban J connectivity index is 2.94. The highest BCUT2D eigenvalue weighted by Gasteiger charge is 2.22. The summed E-state index contributed by atoms with van der Waals surface area (Å²) in [5.74, 6) is -0.835. The lowest BCUT2D eigenvalue weighted by Gasteiger charge is -2.16. The molecule has 0 N–H and O–H groups in total. The van der Waals surface area contributed by atoms with Crippen LogP contribution in [0.3, 0.4) is 0 Å². The van der Waals surface area contributed by atoms with Crippen molar-refractivity contribution in [2.24, 2.45) is 5.92 Å². The van der Waals surface area contributed by atoms with Crippen LogP contribution >= 0.6 is 0 Å². The van der Waals surface area contributed by atoms with Gasteiger partial charge < -0.3 is 4.74 Å². The number of hydrogen-bond donors (Lipinski definition) is 0. The van der Waals surface area contributed by atoms with E-state index in [1.807, 2.05) is 42.5 Å². The van der Waals surface area contributed by atoms with Crippen molar-refractivity contribution in [1.29, 1.82) is 10.5 Å². The van der Waals surface area contributed by atoms with Gasteiger partial charge in [-0.2, -0.15) is 10.5 Å². The van der Waals surface area contributed by atoms with Gasteiger partial charge in [0.25, 0.3) is 0 Å². The number of methoxy groups -OCH3 is 1. The molecule has 0 saturated heterocycles. The quantitative estimate of drug-likeness (QED) is 0.747. The third kappa shape index (κ3) is 2.80. The first-order valence-electron chi connectivity index (χ1n) is 4.66. The summed E-state index contributed by atoms with van der Waals surface area (Å²) in [4.78, 5) is 0. The Labute approximate surface area is 89.5 Å². The average Bonchev–Trinajstić information content (AvgIpc) is 2.30. The van der Waals surface area contributed by atoms with Crippen LogP contribution in [0, 0.1) is 28.6 Å². The fourth-order valence-electron chi connectivity index (χ4n) is 1.47. The predicted octanol–water partition coefficient (Wildman–Crippen LogP) is 2.08. The number of nitriles is 2. The van der Waals surface area contributed by atoms with Crippen molar-refractivity contribution in [3.05, 3.63) is 35.9 Å². The van der Waals surface area contributed by atoms with E-state index in [1.165, 1.54) is 0 Å². The largest absolute Gasteiger partial charge is 0.384 e. The normalized spacial score (nSPS) is 11.7. The number of hydrogen-bond acceptors (Lipinski definition) is 3. The van der Waals surface area contributed by atoms with Crippen molar-refractivity contribution >= 4 is 0 Å². The Morgan fingerprint density at radius 3 is 2.27 bits per heavy atom. The van der Waals surface area contributed by atoms with Gasteiger partial charge in [0.15, 0.2) is 0 Å². The minimum Gasteiger partial charge on any atom is -0.384 e. The molecule has 0 radical (unpaired) electrons. The second-order valence-electron chi connectivity index (χ2n) is 3.21. The van der Waals surface area contributed by atoms with Crippen molar-refractivity contribution in [1.82, 2.24) is 0 Å². The summed E-state index contributed by atoms with van der Waals surface area (Å²) < 4.78 is 5.04. The molecular formula is C12H12N2O. The van der Waals surface area contributed by atoms with E-state index in [2.05, 4.69) is 0 Å². The zero-order valence-electron chi connectivity index (χ0n) is 8.55. The molecule has 0 aromatic heterocycles. The molecule has 0 amide bonds. The Bertz CT molecular complexity index is 361. The fourth-order valence-corrected chi connectivity index (χ4v) is 1.47. The van der Waals surface area contributed by atoms with Crippen molar-refractivity contribution < 1.29 is 4.74 Å². The molecule has 76 valence electrons. The van der Waals surface area contributed by atoms with E-state index in [0.29, 0.717) is 6.61 Å². The van der Waals surface area contributed by atoms with Gasteiger partial charge >= 0.3 is 0 Å². The maximum Gasteiger partial charge on any atom is 0.142 e. The van der Waals surface area contributed by atoms with Gasteiger partial charge in [0.05, 0.1) is 18.7 Å². The summed E-state index contributed by atoms with van der Waals surface area (Å²) in [5.41, 5.74) is 0.965. The first-order valence-corrected chi connectivity index (χ1v) is 4.66. The highest BCUT2D eigenvalue weighted by molar-refractivity contribution is 5.25. The second-order valence-corrected chi connectivity index (χ2v) is 3.21. The van der Waals surface area contributed by atoms with Crippen molar-refractivity contribution in [2.75, 3.05) is 13.7 Å². The molecule has 0 spiro atoms. The van der Waals surface area contributed by atoms with Gasteiger partial charge in [-0.05, 0) is 5.56 Å². The standard InChI is InChI=1S/C12H12N2O/c1-15-9-12(11(7-13)8-14)10-5-3-2-4-6-10/h2-6,11-12H,9H2,1H3. The summed E-state index contributed by atoms with van der Waals surface area (Å²) in [5, 5.41) is 17.7. The van der Waals surface area contributed by atoms with Gasteiger partial charge in [-0.3, -0.25) is 0 Å². The van der Waals surface area contributed by atoms with E-state index in [4.69, 9.17) is 15.3 Å². The average molecular weight is 200 g/mol. The Morgan fingerprint density at radius 2 is 1.80 bits per heavy atom. The molecule has 0 saturated carbocycles. The first-order chi connectivity index (χ1) is 7.33. The Kier molecular flexibility index (Phi) is 4.34. The molecule has 3 nitrogen and oxygen atoms in total. The van der Waals surface area contributed by atoms with Crippen LogP contribution in [0.15, 0.2) is 30.3 Å². The third-order valence-electron chi connectivity index (χ3n) is 2.25. The van der Waals surface area contributed by atoms with Crippen LogP contribution in [0.4, 0.5) is 0 Å². The molecule has 1 aromatic carbocycles. The second kappa shape index (κ2) is 5.80. The van der Waals surface area contributed by atoms with Crippen molar-refractivity contribution in [3.63, 3.8) is 0 Å². The molecule has 0 aliphatic rings. The lowest BCUT2D eigenvalue weighted by molar-refractivity contribution is 0.172. The molecule has 0 aliphatic heterocycles. The fraction of sp³-hybridized carbons (Fsp3) is 0.333. The van der Waals surface area contributed by atoms with Crippen LogP contribution < -0.4 is 0 Å². The molecule has 1 unspecified atom stereocenters. The van der Waals surface area contributed by atoms with Crippen LogP contribution in [0.5, 0.6) is 0 Å². The lowest BCUT2D eigenvalue weighted by atomic mass is 9.88. The van der Waals surface area contributed by atoms with Crippen molar-refractivity contribution in [2.45, 2.75) is 5.92 Å². The summed E-state index contributed by atoms with van der Waals surface area (Å²) in [7, 11) is 1.57. The maximum atomic E-state index is 8.86. The van der Waals surface area contributed by atoms with Gasteiger partial charge in [0.1, 0.15) is 5.92 Å². The van der Waals surface area contributed by atoms with E-state index in [9.17, 15) is 0 Å². The van der Waals surface area contributed by atoms with Gasteiger partial charge in [0.2, 0.25) is 0 Å². The summed E-state index contributed by atoms with van der Waals surface area (Å²) in [6, 6.07) is 13.5. The van der Waals surface area contributed by atoms with Crippen LogP contribution in [0.25, 0.3) is 0 Å². The molecule has 1 rings (SSSR count).